The second-order valence-electron chi connectivity index (χ2n) is 6.39. The van der Waals surface area contributed by atoms with Crippen LogP contribution in [0.2, 0.25) is 0 Å². The minimum atomic E-state index is -0.0407. The summed E-state index contributed by atoms with van der Waals surface area (Å²) in [6, 6.07) is 12.0. The molecule has 2 aromatic rings. The second-order valence-corrected chi connectivity index (χ2v) is 6.39. The van der Waals surface area contributed by atoms with Gasteiger partial charge in [0.2, 0.25) is 5.91 Å². The van der Waals surface area contributed by atoms with Gasteiger partial charge in [0.25, 0.3) is 0 Å². The zero-order valence-electron chi connectivity index (χ0n) is 14.0. The number of hydrogen-bond acceptors (Lipinski definition) is 3. The Bertz CT molecular complexity index is 633. The van der Waals surface area contributed by atoms with Crippen LogP contribution in [-0.4, -0.2) is 10.9 Å². The second kappa shape index (κ2) is 7.77. The van der Waals surface area contributed by atoms with Crippen LogP contribution in [-0.2, 0) is 17.6 Å². The molecule has 122 valence electrons. The molecular weight excluding hydrogens is 286 g/mol. The number of nitrogens with two attached hydrogens (primary N) is 1. The maximum absolute atomic E-state index is 12.1. The van der Waals surface area contributed by atoms with Crippen molar-refractivity contribution in [2.75, 3.05) is 5.73 Å². The van der Waals surface area contributed by atoms with E-state index in [4.69, 9.17) is 5.73 Å². The van der Waals surface area contributed by atoms with E-state index in [1.807, 2.05) is 6.92 Å². The first-order valence-corrected chi connectivity index (χ1v) is 8.02. The summed E-state index contributed by atoms with van der Waals surface area (Å²) in [5.41, 5.74) is 9.35. The third kappa shape index (κ3) is 5.40. The zero-order chi connectivity index (χ0) is 16.8. The Hall–Kier alpha value is -2.36. The fourth-order valence-electron chi connectivity index (χ4n) is 2.49. The number of carbonyl (C=O) groups excluding carboxylic acids is 1. The van der Waals surface area contributed by atoms with Gasteiger partial charge in [0.15, 0.2) is 0 Å². The smallest absolute Gasteiger partial charge is 0.226 e. The van der Waals surface area contributed by atoms with E-state index in [9.17, 15) is 4.79 Å². The van der Waals surface area contributed by atoms with Crippen molar-refractivity contribution in [2.45, 2.75) is 39.7 Å². The molecule has 0 spiro atoms. The molecule has 1 aromatic carbocycles. The van der Waals surface area contributed by atoms with Crippen LogP contribution in [0.4, 0.5) is 5.69 Å². The van der Waals surface area contributed by atoms with Crippen LogP contribution in [0.5, 0.6) is 0 Å². The van der Waals surface area contributed by atoms with Crippen LogP contribution >= 0.6 is 0 Å². The standard InChI is InChI=1S/C19H25N3O/c1-13(2)10-15-4-6-16(7-5-15)14(3)22-19(23)11-18-9-8-17(20)12-21-18/h4-9,12-14H,10-11,20H2,1-3H3,(H,22,23). The van der Waals surface area contributed by atoms with Gasteiger partial charge in [-0.05, 0) is 42.5 Å². The lowest BCUT2D eigenvalue weighted by molar-refractivity contribution is -0.121. The van der Waals surface area contributed by atoms with Gasteiger partial charge < -0.3 is 11.1 Å². The highest BCUT2D eigenvalue weighted by Crippen LogP contribution is 2.15. The largest absolute Gasteiger partial charge is 0.397 e. The Kier molecular flexibility index (Phi) is 5.74. The van der Waals surface area contributed by atoms with Gasteiger partial charge in [-0.15, -0.1) is 0 Å². The maximum atomic E-state index is 12.1. The maximum Gasteiger partial charge on any atom is 0.226 e. The van der Waals surface area contributed by atoms with Crippen LogP contribution in [0.15, 0.2) is 42.6 Å². The third-order valence-electron chi connectivity index (χ3n) is 3.69. The zero-order valence-corrected chi connectivity index (χ0v) is 14.0. The molecule has 1 heterocycles. The molecule has 0 fully saturated rings. The van der Waals surface area contributed by atoms with E-state index in [-0.39, 0.29) is 18.4 Å². The quantitative estimate of drug-likeness (QED) is 0.860. The molecule has 0 saturated heterocycles. The minimum Gasteiger partial charge on any atom is -0.397 e. The van der Waals surface area contributed by atoms with E-state index in [2.05, 4.69) is 48.4 Å². The van der Waals surface area contributed by atoms with Gasteiger partial charge >= 0.3 is 0 Å². The van der Waals surface area contributed by atoms with Gasteiger partial charge in [0.05, 0.1) is 24.3 Å². The number of amides is 1. The summed E-state index contributed by atoms with van der Waals surface area (Å²) < 4.78 is 0. The number of anilines is 1. The first-order valence-electron chi connectivity index (χ1n) is 8.02. The van der Waals surface area contributed by atoms with Gasteiger partial charge in [0.1, 0.15) is 0 Å². The highest BCUT2D eigenvalue weighted by Gasteiger charge is 2.11. The average Bonchev–Trinajstić information content (AvgIpc) is 2.49. The summed E-state index contributed by atoms with van der Waals surface area (Å²) in [6.07, 6.45) is 2.90. The van der Waals surface area contributed by atoms with E-state index in [0.29, 0.717) is 11.6 Å². The van der Waals surface area contributed by atoms with Crippen LogP contribution in [0.1, 0.15) is 43.6 Å². The number of hydrogen-bond donors (Lipinski definition) is 2. The van der Waals surface area contributed by atoms with Gasteiger partial charge in [-0.1, -0.05) is 38.1 Å². The summed E-state index contributed by atoms with van der Waals surface area (Å²) in [5, 5.41) is 3.01. The Morgan fingerprint density at radius 3 is 2.39 bits per heavy atom. The molecule has 1 amide bonds. The number of carbonyl (C=O) groups is 1. The summed E-state index contributed by atoms with van der Waals surface area (Å²) in [6.45, 7) is 6.41. The monoisotopic (exact) mass is 311 g/mol. The molecule has 23 heavy (non-hydrogen) atoms. The lowest BCUT2D eigenvalue weighted by atomic mass is 10.00. The molecule has 1 atom stereocenters. The van der Waals surface area contributed by atoms with Gasteiger partial charge in [-0.3, -0.25) is 9.78 Å². The molecule has 0 bridgehead atoms. The Labute approximate surface area is 138 Å². The first-order chi connectivity index (χ1) is 10.9. The van der Waals surface area contributed by atoms with E-state index in [1.54, 1.807) is 18.3 Å². The van der Waals surface area contributed by atoms with Crippen LogP contribution in [0.25, 0.3) is 0 Å². The van der Waals surface area contributed by atoms with Crippen molar-refractivity contribution in [1.82, 2.24) is 10.3 Å². The topological polar surface area (TPSA) is 68.0 Å². The van der Waals surface area contributed by atoms with Crippen LogP contribution < -0.4 is 11.1 Å². The molecular formula is C19H25N3O. The van der Waals surface area contributed by atoms with E-state index < -0.39 is 0 Å². The molecule has 0 aliphatic heterocycles. The Morgan fingerprint density at radius 1 is 1.13 bits per heavy atom. The number of nitrogens with zero attached hydrogens (tertiary/aromatic N) is 1. The lowest BCUT2D eigenvalue weighted by Crippen LogP contribution is -2.28. The van der Waals surface area contributed by atoms with E-state index >= 15 is 0 Å². The molecule has 0 saturated carbocycles. The summed E-state index contributed by atoms with van der Waals surface area (Å²) >= 11 is 0. The fourth-order valence-corrected chi connectivity index (χ4v) is 2.49. The molecule has 1 aromatic heterocycles. The lowest BCUT2D eigenvalue weighted by Gasteiger charge is -2.15. The van der Waals surface area contributed by atoms with Crippen molar-refractivity contribution in [1.29, 1.82) is 0 Å². The Balaban J connectivity index is 1.91. The highest BCUT2D eigenvalue weighted by atomic mass is 16.1. The van der Waals surface area contributed by atoms with Crippen molar-refractivity contribution in [3.63, 3.8) is 0 Å². The number of pyridine rings is 1. The third-order valence-corrected chi connectivity index (χ3v) is 3.69. The number of nitrogen functional groups attached to an aromatic ring is 1. The SMILES string of the molecule is CC(C)Cc1ccc(C(C)NC(=O)Cc2ccc(N)cn2)cc1. The Morgan fingerprint density at radius 2 is 1.83 bits per heavy atom. The summed E-state index contributed by atoms with van der Waals surface area (Å²) in [5.74, 6) is 0.603. The molecule has 0 aliphatic carbocycles. The predicted octanol–water partition coefficient (Wildman–Crippen LogP) is 3.28. The van der Waals surface area contributed by atoms with E-state index in [0.717, 1.165) is 17.7 Å². The molecule has 2 rings (SSSR count). The number of rotatable bonds is 6. The van der Waals surface area contributed by atoms with Crippen molar-refractivity contribution >= 4 is 11.6 Å². The molecule has 3 N–H and O–H groups in total. The molecule has 1 unspecified atom stereocenters. The minimum absolute atomic E-state index is 0.0237. The molecule has 4 heteroatoms. The first kappa shape index (κ1) is 17.0. The van der Waals surface area contributed by atoms with Crippen molar-refractivity contribution in [3.05, 3.63) is 59.4 Å². The number of aromatic nitrogens is 1. The molecule has 0 aliphatic rings. The molecule has 4 nitrogen and oxygen atoms in total. The van der Waals surface area contributed by atoms with Crippen molar-refractivity contribution in [2.24, 2.45) is 5.92 Å². The van der Waals surface area contributed by atoms with Crippen LogP contribution in [0, 0.1) is 5.92 Å². The highest BCUT2D eigenvalue weighted by molar-refractivity contribution is 5.78. The predicted molar refractivity (Wildman–Crippen MR) is 93.9 cm³/mol. The fraction of sp³-hybridized carbons (Fsp3) is 0.368. The summed E-state index contributed by atoms with van der Waals surface area (Å²) in [7, 11) is 0. The number of nitrogens with one attached hydrogen (secondary N) is 1. The van der Waals surface area contributed by atoms with Gasteiger partial charge in [0, 0.05) is 5.69 Å². The average molecular weight is 311 g/mol. The van der Waals surface area contributed by atoms with Crippen molar-refractivity contribution in [3.8, 4) is 0 Å². The summed E-state index contributed by atoms with van der Waals surface area (Å²) in [4.78, 5) is 16.3. The van der Waals surface area contributed by atoms with E-state index in [1.165, 1.54) is 5.56 Å². The molecule has 0 radical (unpaired) electrons. The van der Waals surface area contributed by atoms with Gasteiger partial charge in [-0.25, -0.2) is 0 Å². The van der Waals surface area contributed by atoms with Crippen LogP contribution in [0.3, 0.4) is 0 Å². The normalized spacial score (nSPS) is 12.2. The van der Waals surface area contributed by atoms with Gasteiger partial charge in [-0.2, -0.15) is 0 Å². The number of benzene rings is 1. The van der Waals surface area contributed by atoms with Crippen molar-refractivity contribution < 1.29 is 4.79 Å².